The van der Waals surface area contributed by atoms with E-state index in [2.05, 4.69) is 22.3 Å². The van der Waals surface area contributed by atoms with Crippen LogP contribution in [0.15, 0.2) is 30.3 Å². The highest BCUT2D eigenvalue weighted by Gasteiger charge is 2.39. The van der Waals surface area contributed by atoms with Gasteiger partial charge in [-0.1, -0.05) is 36.8 Å². The Balaban J connectivity index is 1.66. The Morgan fingerprint density at radius 3 is 2.48 bits per heavy atom. The molecule has 6 nitrogen and oxygen atoms in total. The molecule has 172 valence electrons. The van der Waals surface area contributed by atoms with Crippen molar-refractivity contribution >= 4 is 11.8 Å². The number of carbonyl (C=O) groups excluding carboxylic acids is 2. The first-order chi connectivity index (χ1) is 14.9. The largest absolute Gasteiger partial charge is 0.391 e. The summed E-state index contributed by atoms with van der Waals surface area (Å²) < 4.78 is 0. The first-order valence-electron chi connectivity index (χ1n) is 11.9. The number of hydrogen-bond acceptors (Lipinski definition) is 4. The fourth-order valence-corrected chi connectivity index (χ4v) is 5.26. The van der Waals surface area contributed by atoms with Crippen molar-refractivity contribution in [3.63, 3.8) is 0 Å². The van der Waals surface area contributed by atoms with Crippen LogP contribution in [-0.4, -0.2) is 72.1 Å². The molecule has 0 bridgehead atoms. The molecule has 0 spiro atoms. The number of amides is 2. The molecule has 2 fully saturated rings. The Labute approximate surface area is 187 Å². The molecule has 0 radical (unpaired) electrons. The Morgan fingerprint density at radius 1 is 1.13 bits per heavy atom. The van der Waals surface area contributed by atoms with Crippen molar-refractivity contribution < 1.29 is 14.7 Å². The van der Waals surface area contributed by atoms with Gasteiger partial charge in [0.05, 0.1) is 12.1 Å². The standard InChI is InChI=1S/C25H39N3O3/c1-20(29)26-19-25(21-9-5-3-6-10-21)14-11-22(23(30)12-15-25)27(2)24(31)13-18-28-16-7-4-8-17-28/h3,5-6,9-10,22-23,30H,4,7-8,11-19H2,1-2H3,(H,26,29)/t22-,23-,25-/m1/s1. The molecule has 1 aromatic rings. The number of nitrogens with one attached hydrogen (secondary N) is 1. The molecule has 6 heteroatoms. The van der Waals surface area contributed by atoms with E-state index in [1.807, 2.05) is 25.2 Å². The fourth-order valence-electron chi connectivity index (χ4n) is 5.26. The van der Waals surface area contributed by atoms with E-state index < -0.39 is 6.10 Å². The lowest BCUT2D eigenvalue weighted by atomic mass is 9.74. The third kappa shape index (κ3) is 6.30. The molecular weight excluding hydrogens is 390 g/mol. The lowest BCUT2D eigenvalue weighted by Crippen LogP contribution is -2.45. The highest BCUT2D eigenvalue weighted by Crippen LogP contribution is 2.39. The van der Waals surface area contributed by atoms with E-state index in [1.165, 1.54) is 24.8 Å². The van der Waals surface area contributed by atoms with E-state index in [-0.39, 0.29) is 23.3 Å². The summed E-state index contributed by atoms with van der Waals surface area (Å²) >= 11 is 0. The average Bonchev–Trinajstić information content (AvgIpc) is 2.96. The monoisotopic (exact) mass is 429 g/mol. The van der Waals surface area contributed by atoms with Crippen LogP contribution in [0.3, 0.4) is 0 Å². The number of aliphatic hydroxyl groups is 1. The third-order valence-corrected chi connectivity index (χ3v) is 7.32. The molecule has 1 saturated carbocycles. The number of piperidine rings is 1. The molecule has 3 atom stereocenters. The van der Waals surface area contributed by atoms with Gasteiger partial charge in [0.2, 0.25) is 11.8 Å². The predicted molar refractivity (Wildman–Crippen MR) is 123 cm³/mol. The minimum Gasteiger partial charge on any atom is -0.391 e. The molecule has 31 heavy (non-hydrogen) atoms. The number of carbonyl (C=O) groups is 2. The van der Waals surface area contributed by atoms with Gasteiger partial charge in [-0.15, -0.1) is 0 Å². The van der Waals surface area contributed by atoms with Crippen LogP contribution in [0.1, 0.15) is 63.9 Å². The smallest absolute Gasteiger partial charge is 0.223 e. The maximum absolute atomic E-state index is 12.9. The molecule has 0 aromatic heterocycles. The summed E-state index contributed by atoms with van der Waals surface area (Å²) in [5.41, 5.74) is 0.969. The van der Waals surface area contributed by atoms with Crippen LogP contribution < -0.4 is 5.32 Å². The van der Waals surface area contributed by atoms with Gasteiger partial charge in [-0.25, -0.2) is 0 Å². The van der Waals surface area contributed by atoms with Gasteiger partial charge in [-0.05, 0) is 57.2 Å². The first kappa shape index (κ1) is 23.7. The van der Waals surface area contributed by atoms with E-state index in [4.69, 9.17) is 0 Å². The summed E-state index contributed by atoms with van der Waals surface area (Å²) in [7, 11) is 1.84. The van der Waals surface area contributed by atoms with Crippen LogP contribution in [0.25, 0.3) is 0 Å². The summed E-state index contributed by atoms with van der Waals surface area (Å²) in [6.45, 7) is 5.08. The van der Waals surface area contributed by atoms with Gasteiger partial charge in [0.15, 0.2) is 0 Å². The molecular formula is C25H39N3O3. The van der Waals surface area contributed by atoms with Crippen molar-refractivity contribution in [3.05, 3.63) is 35.9 Å². The van der Waals surface area contributed by atoms with E-state index in [0.717, 1.165) is 38.9 Å². The van der Waals surface area contributed by atoms with Crippen molar-refractivity contribution in [2.24, 2.45) is 0 Å². The number of likely N-dealkylation sites (N-methyl/N-ethyl adjacent to an activating group) is 1. The van der Waals surface area contributed by atoms with Gasteiger partial charge in [0.1, 0.15) is 0 Å². The zero-order valence-corrected chi connectivity index (χ0v) is 19.2. The van der Waals surface area contributed by atoms with Gasteiger partial charge in [0.25, 0.3) is 0 Å². The Kier molecular flexibility index (Phi) is 8.50. The van der Waals surface area contributed by atoms with E-state index in [1.54, 1.807) is 11.8 Å². The van der Waals surface area contributed by atoms with E-state index in [9.17, 15) is 14.7 Å². The molecule has 2 amide bonds. The molecule has 1 saturated heterocycles. The second-order valence-corrected chi connectivity index (χ2v) is 9.43. The molecule has 1 aliphatic heterocycles. The highest BCUT2D eigenvalue weighted by molar-refractivity contribution is 5.76. The molecule has 2 N–H and O–H groups in total. The third-order valence-electron chi connectivity index (χ3n) is 7.32. The summed E-state index contributed by atoms with van der Waals surface area (Å²) in [5.74, 6) is 0.0744. The number of nitrogens with zero attached hydrogens (tertiary/aromatic N) is 2. The van der Waals surface area contributed by atoms with Crippen LogP contribution in [0, 0.1) is 0 Å². The number of rotatable bonds is 7. The highest BCUT2D eigenvalue weighted by atomic mass is 16.3. The Hall–Kier alpha value is -1.92. The second kappa shape index (κ2) is 11.1. The van der Waals surface area contributed by atoms with Crippen molar-refractivity contribution in [1.82, 2.24) is 15.1 Å². The normalized spacial score (nSPS) is 27.3. The van der Waals surface area contributed by atoms with Crippen molar-refractivity contribution in [3.8, 4) is 0 Å². The van der Waals surface area contributed by atoms with Gasteiger partial charge in [0, 0.05) is 38.9 Å². The number of likely N-dealkylation sites (tertiary alicyclic amines) is 1. The van der Waals surface area contributed by atoms with Crippen LogP contribution >= 0.6 is 0 Å². The van der Waals surface area contributed by atoms with Crippen LogP contribution in [0.2, 0.25) is 0 Å². The summed E-state index contributed by atoms with van der Waals surface area (Å²) in [6.07, 6.45) is 6.64. The molecule has 3 rings (SSSR count). The van der Waals surface area contributed by atoms with Gasteiger partial charge < -0.3 is 20.2 Å². The maximum atomic E-state index is 12.9. The molecule has 0 unspecified atom stereocenters. The zero-order valence-electron chi connectivity index (χ0n) is 19.2. The average molecular weight is 430 g/mol. The zero-order chi connectivity index (χ0) is 22.3. The van der Waals surface area contributed by atoms with Gasteiger partial charge in [-0.3, -0.25) is 9.59 Å². The quantitative estimate of drug-likeness (QED) is 0.654. The molecule has 2 aliphatic rings. The fraction of sp³-hybridized carbons (Fsp3) is 0.680. The lowest BCUT2D eigenvalue weighted by Gasteiger charge is -2.34. The summed E-state index contributed by atoms with van der Waals surface area (Å²) in [5, 5.41) is 14.0. The maximum Gasteiger partial charge on any atom is 0.223 e. The van der Waals surface area contributed by atoms with Crippen LogP contribution in [0.5, 0.6) is 0 Å². The van der Waals surface area contributed by atoms with Crippen LogP contribution in [0.4, 0.5) is 0 Å². The van der Waals surface area contributed by atoms with Crippen LogP contribution in [-0.2, 0) is 15.0 Å². The molecule has 1 aromatic carbocycles. The van der Waals surface area contributed by atoms with E-state index in [0.29, 0.717) is 19.4 Å². The Morgan fingerprint density at radius 2 is 1.81 bits per heavy atom. The second-order valence-electron chi connectivity index (χ2n) is 9.43. The number of hydrogen-bond donors (Lipinski definition) is 2. The van der Waals surface area contributed by atoms with Crippen molar-refractivity contribution in [2.45, 2.75) is 75.9 Å². The number of aliphatic hydroxyl groups excluding tert-OH is 1. The van der Waals surface area contributed by atoms with Crippen molar-refractivity contribution in [2.75, 3.05) is 33.2 Å². The first-order valence-corrected chi connectivity index (χ1v) is 11.9. The Bertz CT molecular complexity index is 720. The predicted octanol–water partition coefficient (Wildman–Crippen LogP) is 2.70. The number of benzene rings is 1. The topological polar surface area (TPSA) is 72.9 Å². The lowest BCUT2D eigenvalue weighted by molar-refractivity contribution is -0.135. The summed E-state index contributed by atoms with van der Waals surface area (Å²) in [4.78, 5) is 28.7. The minimum atomic E-state index is -0.549. The van der Waals surface area contributed by atoms with Gasteiger partial charge >= 0.3 is 0 Å². The molecule has 1 heterocycles. The minimum absolute atomic E-state index is 0.0401. The van der Waals surface area contributed by atoms with Gasteiger partial charge in [-0.2, -0.15) is 0 Å². The SMILES string of the molecule is CC(=O)NC[C@]1(c2ccccc2)CC[C@@H](O)[C@H](N(C)C(=O)CCN2CCCCC2)CC1. The van der Waals surface area contributed by atoms with Crippen molar-refractivity contribution in [1.29, 1.82) is 0 Å². The molecule has 1 aliphatic carbocycles. The van der Waals surface area contributed by atoms with E-state index >= 15 is 0 Å². The summed E-state index contributed by atoms with van der Waals surface area (Å²) in [6, 6.07) is 10.1.